The summed E-state index contributed by atoms with van der Waals surface area (Å²) in [6, 6.07) is 0. The summed E-state index contributed by atoms with van der Waals surface area (Å²) in [4.78, 5) is 23.3. The maximum absolute atomic E-state index is 11.8. The van der Waals surface area contributed by atoms with Gasteiger partial charge in [-0.2, -0.15) is 0 Å². The molecule has 3 heteroatoms. The van der Waals surface area contributed by atoms with Crippen molar-refractivity contribution in [2.45, 2.75) is 64.7 Å². The second-order valence-electron chi connectivity index (χ2n) is 9.10. The average Bonchev–Trinajstić information content (AvgIpc) is 2.87. The topological polar surface area (TPSA) is 54.4 Å². The van der Waals surface area contributed by atoms with Gasteiger partial charge in [-0.1, -0.05) is 18.4 Å². The maximum atomic E-state index is 11.8. The van der Waals surface area contributed by atoms with E-state index in [0.29, 0.717) is 35.9 Å². The number of carbonyl (C=O) groups is 2. The van der Waals surface area contributed by atoms with Crippen LogP contribution in [-0.2, 0) is 9.59 Å². The van der Waals surface area contributed by atoms with Crippen molar-refractivity contribution in [3.63, 3.8) is 0 Å². The number of ketones is 1. The fourth-order valence-corrected chi connectivity index (χ4v) is 7.15. The molecule has 0 aromatic rings. The number of rotatable bonds is 2. The van der Waals surface area contributed by atoms with Gasteiger partial charge in [0, 0.05) is 11.8 Å². The first-order chi connectivity index (χ1) is 11.9. The van der Waals surface area contributed by atoms with Gasteiger partial charge in [-0.05, 0) is 80.1 Å². The number of carboxylic acid groups (broad SMARTS) is 1. The van der Waals surface area contributed by atoms with Crippen molar-refractivity contribution < 1.29 is 14.7 Å². The van der Waals surface area contributed by atoms with E-state index in [9.17, 15) is 14.7 Å². The van der Waals surface area contributed by atoms with E-state index >= 15 is 0 Å². The zero-order chi connectivity index (χ0) is 17.8. The van der Waals surface area contributed by atoms with Crippen molar-refractivity contribution in [3.8, 4) is 12.3 Å². The Kier molecular flexibility index (Phi) is 3.87. The molecule has 3 nitrogen and oxygen atoms in total. The minimum atomic E-state index is -0.762. The molecular weight excluding hydrogens is 312 g/mol. The van der Waals surface area contributed by atoms with Gasteiger partial charge in [0.1, 0.15) is 0 Å². The summed E-state index contributed by atoms with van der Waals surface area (Å²) in [6.45, 7) is 2.28. The van der Waals surface area contributed by atoms with Gasteiger partial charge >= 0.3 is 5.97 Å². The third-order valence-corrected chi connectivity index (χ3v) is 8.39. The van der Waals surface area contributed by atoms with Crippen molar-refractivity contribution in [2.24, 2.45) is 34.5 Å². The van der Waals surface area contributed by atoms with Crippen molar-refractivity contribution in [1.29, 1.82) is 0 Å². The molecule has 0 heterocycles. The zero-order valence-corrected chi connectivity index (χ0v) is 15.1. The number of fused-ring (bicyclic) bond motifs is 5. The van der Waals surface area contributed by atoms with Crippen molar-refractivity contribution in [1.82, 2.24) is 0 Å². The third-order valence-electron chi connectivity index (χ3n) is 8.39. The van der Waals surface area contributed by atoms with Gasteiger partial charge in [-0.25, -0.2) is 0 Å². The van der Waals surface area contributed by atoms with Crippen LogP contribution >= 0.6 is 0 Å². The molecule has 3 fully saturated rings. The summed E-state index contributed by atoms with van der Waals surface area (Å²) >= 11 is 0. The molecule has 0 bridgehead atoms. The SMILES string of the molecule is C#C[C@]1(CC(=O)O)CC[C@H]2[C@@H]3CCC4=CC(=O)CC[C@@H]4[C@H]3CC[C@@]21C. The molecule has 3 saturated carbocycles. The van der Waals surface area contributed by atoms with Crippen LogP contribution in [0.1, 0.15) is 64.7 Å². The van der Waals surface area contributed by atoms with E-state index in [0.717, 1.165) is 44.9 Å². The number of carboxylic acids is 1. The summed E-state index contributed by atoms with van der Waals surface area (Å²) in [7, 11) is 0. The van der Waals surface area contributed by atoms with E-state index in [-0.39, 0.29) is 11.8 Å². The number of allylic oxidation sites excluding steroid dienone is 1. The molecule has 0 aromatic heterocycles. The summed E-state index contributed by atoms with van der Waals surface area (Å²) in [5.41, 5.74) is 0.869. The van der Waals surface area contributed by atoms with E-state index in [1.54, 1.807) is 0 Å². The standard InChI is InChI=1S/C22H28O3/c1-3-22(13-20(24)25)11-9-19-18-6-4-14-12-15(23)5-7-16(14)17(18)8-10-21(19,22)2/h1,12,16-19H,4-11,13H2,2H3,(H,24,25)/t16-,17+,18+,19-,21-,22+/m0/s1. The molecule has 4 rings (SSSR count). The average molecular weight is 340 g/mol. The Morgan fingerprint density at radius 2 is 2.04 bits per heavy atom. The van der Waals surface area contributed by atoms with Crippen LogP contribution < -0.4 is 0 Å². The molecule has 0 aliphatic heterocycles. The Hall–Kier alpha value is -1.56. The predicted octanol–water partition coefficient (Wildman–Crippen LogP) is 4.22. The van der Waals surface area contributed by atoms with Gasteiger partial charge in [-0.3, -0.25) is 9.59 Å². The molecule has 0 radical (unpaired) electrons. The Morgan fingerprint density at radius 1 is 1.24 bits per heavy atom. The first kappa shape index (κ1) is 16.9. The van der Waals surface area contributed by atoms with Crippen LogP contribution in [0.5, 0.6) is 0 Å². The highest BCUT2D eigenvalue weighted by Crippen LogP contribution is 2.68. The van der Waals surface area contributed by atoms with Gasteiger partial charge in [0.15, 0.2) is 5.78 Å². The number of hydrogen-bond acceptors (Lipinski definition) is 2. The molecule has 6 atom stereocenters. The molecule has 0 saturated heterocycles. The minimum absolute atomic E-state index is 0.0486. The fraction of sp³-hybridized carbons (Fsp3) is 0.727. The van der Waals surface area contributed by atoms with E-state index in [4.69, 9.17) is 6.42 Å². The van der Waals surface area contributed by atoms with E-state index in [1.165, 1.54) is 5.57 Å². The Labute approximate surface area is 150 Å². The first-order valence-corrected chi connectivity index (χ1v) is 9.83. The number of hydrogen-bond donors (Lipinski definition) is 1. The second kappa shape index (κ2) is 5.73. The molecule has 25 heavy (non-hydrogen) atoms. The Bertz CT molecular complexity index is 684. The number of aliphatic carboxylic acids is 1. The zero-order valence-electron chi connectivity index (χ0n) is 15.1. The highest BCUT2D eigenvalue weighted by Gasteiger charge is 2.62. The molecular formula is C22H28O3. The maximum Gasteiger partial charge on any atom is 0.304 e. The van der Waals surface area contributed by atoms with Crippen molar-refractivity contribution >= 4 is 11.8 Å². The van der Waals surface area contributed by atoms with E-state index in [1.807, 2.05) is 6.08 Å². The van der Waals surface area contributed by atoms with E-state index in [2.05, 4.69) is 12.8 Å². The van der Waals surface area contributed by atoms with Gasteiger partial charge < -0.3 is 5.11 Å². The van der Waals surface area contributed by atoms with E-state index < -0.39 is 11.4 Å². The fourth-order valence-electron chi connectivity index (χ4n) is 7.15. The van der Waals surface area contributed by atoms with Gasteiger partial charge in [0.2, 0.25) is 0 Å². The van der Waals surface area contributed by atoms with Crippen LogP contribution in [-0.4, -0.2) is 16.9 Å². The largest absolute Gasteiger partial charge is 0.481 e. The lowest BCUT2D eigenvalue weighted by atomic mass is 9.48. The number of carbonyl (C=O) groups excluding carboxylic acids is 1. The summed E-state index contributed by atoms with van der Waals surface area (Å²) < 4.78 is 0. The molecule has 4 aliphatic rings. The quantitative estimate of drug-likeness (QED) is 0.766. The molecule has 0 unspecified atom stereocenters. The molecule has 0 spiro atoms. The van der Waals surface area contributed by atoms with Crippen LogP contribution in [0, 0.1) is 46.8 Å². The highest BCUT2D eigenvalue weighted by atomic mass is 16.4. The molecule has 4 aliphatic carbocycles. The van der Waals surface area contributed by atoms with Gasteiger partial charge in [-0.15, -0.1) is 6.42 Å². The molecule has 1 N–H and O–H groups in total. The number of terminal acetylenes is 1. The first-order valence-electron chi connectivity index (χ1n) is 9.83. The Morgan fingerprint density at radius 3 is 2.76 bits per heavy atom. The molecule has 0 amide bonds. The van der Waals surface area contributed by atoms with Gasteiger partial charge in [0.05, 0.1) is 6.42 Å². The van der Waals surface area contributed by atoms with Crippen molar-refractivity contribution in [3.05, 3.63) is 11.6 Å². The summed E-state index contributed by atoms with van der Waals surface area (Å²) in [5, 5.41) is 9.45. The van der Waals surface area contributed by atoms with Crippen LogP contribution in [0.25, 0.3) is 0 Å². The predicted molar refractivity (Wildman–Crippen MR) is 95.6 cm³/mol. The third kappa shape index (κ3) is 2.33. The highest BCUT2D eigenvalue weighted by molar-refractivity contribution is 5.91. The van der Waals surface area contributed by atoms with Crippen molar-refractivity contribution in [2.75, 3.05) is 0 Å². The lowest BCUT2D eigenvalue weighted by Crippen LogP contribution is -2.49. The smallest absolute Gasteiger partial charge is 0.304 e. The summed E-state index contributed by atoms with van der Waals surface area (Å²) in [5.74, 6) is 4.96. The molecule has 0 aromatic carbocycles. The van der Waals surface area contributed by atoms with Gasteiger partial charge in [0.25, 0.3) is 0 Å². The summed E-state index contributed by atoms with van der Waals surface area (Å²) in [6.07, 6.45) is 16.0. The van der Waals surface area contributed by atoms with Crippen LogP contribution in [0.3, 0.4) is 0 Å². The second-order valence-corrected chi connectivity index (χ2v) is 9.10. The normalized spacial score (nSPS) is 45.6. The minimum Gasteiger partial charge on any atom is -0.481 e. The van der Waals surface area contributed by atoms with Crippen LogP contribution in [0.15, 0.2) is 11.6 Å². The van der Waals surface area contributed by atoms with Crippen LogP contribution in [0.4, 0.5) is 0 Å². The Balaban J connectivity index is 1.64. The van der Waals surface area contributed by atoms with Crippen LogP contribution in [0.2, 0.25) is 0 Å². The lowest BCUT2D eigenvalue weighted by molar-refractivity contribution is -0.142. The monoisotopic (exact) mass is 340 g/mol. The molecule has 134 valence electrons. The lowest BCUT2D eigenvalue weighted by Gasteiger charge is -2.55.